The number of hydrogen-bond donors (Lipinski definition) is 1. The Morgan fingerprint density at radius 2 is 1.83 bits per heavy atom. The van der Waals surface area contributed by atoms with Crippen LogP contribution in [0, 0.1) is 0 Å². The SMILES string of the molecule is CC(C)(c1ccccc1)c1nccc(C(=O)O)n1. The first-order valence-corrected chi connectivity index (χ1v) is 5.64. The van der Waals surface area contributed by atoms with Gasteiger partial charge in [0.15, 0.2) is 5.69 Å². The molecule has 4 nitrogen and oxygen atoms in total. The van der Waals surface area contributed by atoms with Gasteiger partial charge in [0.05, 0.1) is 0 Å². The van der Waals surface area contributed by atoms with Gasteiger partial charge in [-0.1, -0.05) is 30.3 Å². The van der Waals surface area contributed by atoms with E-state index >= 15 is 0 Å². The molecule has 0 atom stereocenters. The highest BCUT2D eigenvalue weighted by atomic mass is 16.4. The van der Waals surface area contributed by atoms with Crippen LogP contribution in [0.1, 0.15) is 35.7 Å². The average Bonchev–Trinajstić information content (AvgIpc) is 2.40. The molecule has 4 heteroatoms. The van der Waals surface area contributed by atoms with Crippen molar-refractivity contribution in [2.45, 2.75) is 19.3 Å². The first-order valence-electron chi connectivity index (χ1n) is 5.64. The number of carbonyl (C=O) groups is 1. The Hall–Kier alpha value is -2.23. The summed E-state index contributed by atoms with van der Waals surface area (Å²) in [6, 6.07) is 11.2. The minimum atomic E-state index is -1.04. The molecule has 1 heterocycles. The number of benzene rings is 1. The Bertz CT molecular complexity index is 565. The number of rotatable bonds is 3. The van der Waals surface area contributed by atoms with E-state index in [9.17, 15) is 4.79 Å². The van der Waals surface area contributed by atoms with Crippen molar-refractivity contribution >= 4 is 5.97 Å². The Morgan fingerprint density at radius 3 is 2.44 bits per heavy atom. The van der Waals surface area contributed by atoms with Gasteiger partial charge < -0.3 is 5.11 Å². The van der Waals surface area contributed by atoms with Gasteiger partial charge in [0.2, 0.25) is 0 Å². The minimum Gasteiger partial charge on any atom is -0.477 e. The van der Waals surface area contributed by atoms with Gasteiger partial charge in [-0.3, -0.25) is 0 Å². The molecule has 0 saturated carbocycles. The molecule has 0 amide bonds. The first kappa shape index (κ1) is 12.2. The van der Waals surface area contributed by atoms with Gasteiger partial charge in [0, 0.05) is 11.6 Å². The molecule has 2 aromatic rings. The van der Waals surface area contributed by atoms with Crippen molar-refractivity contribution in [2.75, 3.05) is 0 Å². The second-order valence-corrected chi connectivity index (χ2v) is 4.56. The summed E-state index contributed by atoms with van der Waals surface area (Å²) in [6.45, 7) is 3.95. The lowest BCUT2D eigenvalue weighted by Gasteiger charge is -2.23. The topological polar surface area (TPSA) is 63.1 Å². The average molecular weight is 242 g/mol. The molecule has 18 heavy (non-hydrogen) atoms. The molecule has 0 spiro atoms. The van der Waals surface area contributed by atoms with Crippen molar-refractivity contribution in [3.8, 4) is 0 Å². The Kier molecular flexibility index (Phi) is 3.10. The van der Waals surface area contributed by atoms with Crippen molar-refractivity contribution in [2.24, 2.45) is 0 Å². The van der Waals surface area contributed by atoms with Crippen LogP contribution in [0.2, 0.25) is 0 Å². The lowest BCUT2D eigenvalue weighted by molar-refractivity contribution is 0.0689. The van der Waals surface area contributed by atoms with Crippen molar-refractivity contribution in [1.82, 2.24) is 9.97 Å². The van der Waals surface area contributed by atoms with Crippen LogP contribution in [-0.4, -0.2) is 21.0 Å². The van der Waals surface area contributed by atoms with Crippen molar-refractivity contribution in [3.63, 3.8) is 0 Å². The Labute approximate surface area is 105 Å². The fraction of sp³-hybridized carbons (Fsp3) is 0.214. The summed E-state index contributed by atoms with van der Waals surface area (Å²) in [5.74, 6) is -0.531. The van der Waals surface area contributed by atoms with Crippen LogP contribution in [0.3, 0.4) is 0 Å². The molecule has 1 N–H and O–H groups in total. The lowest BCUT2D eigenvalue weighted by atomic mass is 9.84. The maximum absolute atomic E-state index is 10.9. The molecule has 0 aliphatic rings. The highest BCUT2D eigenvalue weighted by molar-refractivity contribution is 5.85. The van der Waals surface area contributed by atoms with E-state index in [4.69, 9.17) is 5.11 Å². The van der Waals surface area contributed by atoms with Crippen LogP contribution in [-0.2, 0) is 5.41 Å². The summed E-state index contributed by atoms with van der Waals surface area (Å²) in [4.78, 5) is 19.2. The third-order valence-electron chi connectivity index (χ3n) is 2.93. The number of nitrogens with zero attached hydrogens (tertiary/aromatic N) is 2. The summed E-state index contributed by atoms with van der Waals surface area (Å²) < 4.78 is 0. The molecule has 92 valence electrons. The van der Waals surface area contributed by atoms with Crippen LogP contribution < -0.4 is 0 Å². The van der Waals surface area contributed by atoms with Crippen molar-refractivity contribution in [1.29, 1.82) is 0 Å². The fourth-order valence-electron chi connectivity index (χ4n) is 1.76. The van der Waals surface area contributed by atoms with Gasteiger partial charge in [0.25, 0.3) is 0 Å². The minimum absolute atomic E-state index is 0.0176. The molecule has 0 aliphatic carbocycles. The fourth-order valence-corrected chi connectivity index (χ4v) is 1.76. The predicted molar refractivity (Wildman–Crippen MR) is 67.6 cm³/mol. The molecule has 0 aliphatic heterocycles. The predicted octanol–water partition coefficient (Wildman–Crippen LogP) is 2.50. The van der Waals surface area contributed by atoms with E-state index in [0.29, 0.717) is 5.82 Å². The summed E-state index contributed by atoms with van der Waals surface area (Å²) in [7, 11) is 0. The maximum atomic E-state index is 10.9. The molecule has 0 fully saturated rings. The highest BCUT2D eigenvalue weighted by Crippen LogP contribution is 2.28. The van der Waals surface area contributed by atoms with Crippen molar-refractivity contribution < 1.29 is 9.90 Å². The molecular weight excluding hydrogens is 228 g/mol. The molecule has 1 aromatic heterocycles. The van der Waals surface area contributed by atoms with Crippen LogP contribution in [0.25, 0.3) is 0 Å². The quantitative estimate of drug-likeness (QED) is 0.898. The van der Waals surface area contributed by atoms with Crippen molar-refractivity contribution in [3.05, 3.63) is 59.7 Å². The molecule has 0 bridgehead atoms. The van der Waals surface area contributed by atoms with Crippen LogP contribution in [0.5, 0.6) is 0 Å². The van der Waals surface area contributed by atoms with Crippen LogP contribution in [0.15, 0.2) is 42.6 Å². The summed E-state index contributed by atoms with van der Waals surface area (Å²) in [5, 5.41) is 8.96. The van der Waals surface area contributed by atoms with Gasteiger partial charge in [0.1, 0.15) is 5.82 Å². The smallest absolute Gasteiger partial charge is 0.354 e. The lowest BCUT2D eigenvalue weighted by Crippen LogP contribution is -2.23. The number of carboxylic acids is 1. The Balaban J connectivity index is 2.47. The highest BCUT2D eigenvalue weighted by Gasteiger charge is 2.26. The third kappa shape index (κ3) is 2.22. The van der Waals surface area contributed by atoms with Crippen LogP contribution >= 0.6 is 0 Å². The van der Waals surface area contributed by atoms with Gasteiger partial charge >= 0.3 is 5.97 Å². The normalized spacial score (nSPS) is 11.2. The van der Waals surface area contributed by atoms with E-state index in [1.165, 1.54) is 12.3 Å². The third-order valence-corrected chi connectivity index (χ3v) is 2.93. The Morgan fingerprint density at radius 1 is 1.17 bits per heavy atom. The van der Waals surface area contributed by atoms with E-state index in [2.05, 4.69) is 9.97 Å². The largest absolute Gasteiger partial charge is 0.477 e. The molecule has 0 unspecified atom stereocenters. The van der Waals surface area contributed by atoms with E-state index in [1.807, 2.05) is 44.2 Å². The standard InChI is InChI=1S/C14H14N2O2/c1-14(2,10-6-4-3-5-7-10)13-15-9-8-11(16-13)12(17)18/h3-9H,1-2H3,(H,17,18). The van der Waals surface area contributed by atoms with E-state index in [0.717, 1.165) is 5.56 Å². The monoisotopic (exact) mass is 242 g/mol. The molecule has 1 aromatic carbocycles. The number of aromatic carboxylic acids is 1. The molecule has 0 saturated heterocycles. The van der Waals surface area contributed by atoms with Gasteiger partial charge in [-0.25, -0.2) is 14.8 Å². The number of aromatic nitrogens is 2. The number of hydrogen-bond acceptors (Lipinski definition) is 3. The summed E-state index contributed by atoms with van der Waals surface area (Å²) in [5.41, 5.74) is 0.642. The summed E-state index contributed by atoms with van der Waals surface area (Å²) in [6.07, 6.45) is 1.48. The van der Waals surface area contributed by atoms with Gasteiger partial charge in [-0.2, -0.15) is 0 Å². The second-order valence-electron chi connectivity index (χ2n) is 4.56. The summed E-state index contributed by atoms with van der Waals surface area (Å²) >= 11 is 0. The number of carboxylic acid groups (broad SMARTS) is 1. The zero-order chi connectivity index (χ0) is 13.2. The van der Waals surface area contributed by atoms with E-state index in [-0.39, 0.29) is 5.69 Å². The van der Waals surface area contributed by atoms with Crippen LogP contribution in [0.4, 0.5) is 0 Å². The zero-order valence-electron chi connectivity index (χ0n) is 10.3. The molecule has 0 radical (unpaired) electrons. The first-order chi connectivity index (χ1) is 8.51. The van der Waals surface area contributed by atoms with Gasteiger partial charge in [-0.05, 0) is 25.5 Å². The van der Waals surface area contributed by atoms with Gasteiger partial charge in [-0.15, -0.1) is 0 Å². The second kappa shape index (κ2) is 4.56. The molecular formula is C14H14N2O2. The zero-order valence-corrected chi connectivity index (χ0v) is 10.3. The van der Waals surface area contributed by atoms with E-state index in [1.54, 1.807) is 0 Å². The molecule has 2 rings (SSSR count). The maximum Gasteiger partial charge on any atom is 0.354 e. The van der Waals surface area contributed by atoms with E-state index < -0.39 is 11.4 Å².